The molecule has 15 heavy (non-hydrogen) atoms. The molecule has 1 aromatic rings. The molecule has 4 nitrogen and oxygen atoms in total. The fourth-order valence-electron chi connectivity index (χ4n) is 1.84. The lowest BCUT2D eigenvalue weighted by Gasteiger charge is -2.20. The Morgan fingerprint density at radius 1 is 1.53 bits per heavy atom. The number of rotatable bonds is 3. The Balaban J connectivity index is 1.94. The van der Waals surface area contributed by atoms with Gasteiger partial charge in [-0.2, -0.15) is 0 Å². The van der Waals surface area contributed by atoms with Gasteiger partial charge in [0.05, 0.1) is 12.4 Å². The molecule has 0 bridgehead atoms. The Morgan fingerprint density at radius 3 is 2.87 bits per heavy atom. The average molecular weight is 210 g/mol. The molecule has 0 aliphatic carbocycles. The van der Waals surface area contributed by atoms with Crippen LogP contribution in [0.25, 0.3) is 0 Å². The van der Waals surface area contributed by atoms with Gasteiger partial charge in [0.1, 0.15) is 0 Å². The first-order valence-electron chi connectivity index (χ1n) is 5.15. The van der Waals surface area contributed by atoms with Gasteiger partial charge >= 0.3 is 0 Å². The summed E-state index contributed by atoms with van der Waals surface area (Å²) < 4.78 is 12.6. The molecule has 0 aromatic carbocycles. The molecule has 0 unspecified atom stereocenters. The zero-order valence-corrected chi connectivity index (χ0v) is 8.78. The third kappa shape index (κ3) is 2.62. The first kappa shape index (κ1) is 10.3. The summed E-state index contributed by atoms with van der Waals surface area (Å²) >= 11 is 0. The highest BCUT2D eigenvalue weighted by Crippen LogP contribution is 2.12. The number of anilines is 1. The number of hydrogen-bond donors (Lipinski definition) is 1. The summed E-state index contributed by atoms with van der Waals surface area (Å²) in [6.07, 6.45) is 3.59. The van der Waals surface area contributed by atoms with Crippen molar-refractivity contribution < 1.29 is 4.39 Å². The second-order valence-corrected chi connectivity index (χ2v) is 3.94. The van der Waals surface area contributed by atoms with Gasteiger partial charge in [0.25, 0.3) is 0 Å². The predicted molar refractivity (Wildman–Crippen MR) is 56.2 cm³/mol. The van der Waals surface area contributed by atoms with E-state index in [0.29, 0.717) is 11.9 Å². The molecular formula is C10H15FN4. The van der Waals surface area contributed by atoms with Crippen LogP contribution in [0.5, 0.6) is 0 Å². The molecule has 1 atom stereocenters. The molecular weight excluding hydrogens is 195 g/mol. The van der Waals surface area contributed by atoms with E-state index in [-0.39, 0.29) is 0 Å². The molecule has 2 rings (SSSR count). The summed E-state index contributed by atoms with van der Waals surface area (Å²) in [4.78, 5) is 9.85. The minimum Gasteiger partial charge on any atom is -0.344 e. The lowest BCUT2D eigenvalue weighted by atomic mass is 10.1. The van der Waals surface area contributed by atoms with E-state index in [2.05, 4.69) is 15.3 Å². The van der Waals surface area contributed by atoms with Gasteiger partial charge in [0.2, 0.25) is 5.95 Å². The van der Waals surface area contributed by atoms with E-state index in [0.717, 1.165) is 19.6 Å². The van der Waals surface area contributed by atoms with Crippen LogP contribution in [0.1, 0.15) is 6.42 Å². The molecule has 1 N–H and O–H groups in total. The first-order chi connectivity index (χ1) is 7.25. The molecule has 1 aliphatic heterocycles. The van der Waals surface area contributed by atoms with Gasteiger partial charge in [-0.3, -0.25) is 0 Å². The van der Waals surface area contributed by atoms with Gasteiger partial charge in [-0.25, -0.2) is 14.4 Å². The zero-order chi connectivity index (χ0) is 10.7. The van der Waals surface area contributed by atoms with Crippen LogP contribution in [0.15, 0.2) is 12.4 Å². The summed E-state index contributed by atoms with van der Waals surface area (Å²) in [5.74, 6) is 0.835. The molecule has 1 aromatic heterocycles. The third-order valence-corrected chi connectivity index (χ3v) is 2.64. The maximum atomic E-state index is 12.6. The van der Waals surface area contributed by atoms with Crippen molar-refractivity contribution in [2.45, 2.75) is 6.42 Å². The Bertz CT molecular complexity index is 308. The van der Waals surface area contributed by atoms with Crippen LogP contribution < -0.4 is 10.2 Å². The van der Waals surface area contributed by atoms with Gasteiger partial charge < -0.3 is 10.2 Å². The van der Waals surface area contributed by atoms with E-state index in [1.807, 2.05) is 11.9 Å². The van der Waals surface area contributed by atoms with E-state index in [4.69, 9.17) is 0 Å². The van der Waals surface area contributed by atoms with Crippen molar-refractivity contribution in [2.24, 2.45) is 5.92 Å². The molecule has 0 amide bonds. The third-order valence-electron chi connectivity index (χ3n) is 2.64. The maximum absolute atomic E-state index is 12.6. The summed E-state index contributed by atoms with van der Waals surface area (Å²) in [6, 6.07) is 0. The fourth-order valence-corrected chi connectivity index (χ4v) is 1.84. The van der Waals surface area contributed by atoms with Crippen LogP contribution in [0.4, 0.5) is 10.3 Å². The molecule has 1 aliphatic rings. The number of aromatic nitrogens is 2. The number of hydrogen-bond acceptors (Lipinski definition) is 4. The topological polar surface area (TPSA) is 41.0 Å². The number of nitrogens with one attached hydrogen (secondary N) is 1. The fraction of sp³-hybridized carbons (Fsp3) is 0.600. The smallest absolute Gasteiger partial charge is 0.225 e. The van der Waals surface area contributed by atoms with Gasteiger partial charge in [-0.1, -0.05) is 0 Å². The normalized spacial score (nSPS) is 20.5. The second kappa shape index (κ2) is 4.53. The van der Waals surface area contributed by atoms with Crippen LogP contribution >= 0.6 is 0 Å². The molecule has 0 radical (unpaired) electrons. The van der Waals surface area contributed by atoms with E-state index < -0.39 is 5.82 Å². The van der Waals surface area contributed by atoms with Crippen LogP contribution in [0, 0.1) is 11.7 Å². The highest BCUT2D eigenvalue weighted by Gasteiger charge is 2.17. The van der Waals surface area contributed by atoms with Crippen LogP contribution in [0.2, 0.25) is 0 Å². The molecule has 82 valence electrons. The van der Waals surface area contributed by atoms with Gasteiger partial charge in [0.15, 0.2) is 5.82 Å². The predicted octanol–water partition coefficient (Wildman–Crippen LogP) is 0.661. The minimum absolute atomic E-state index is 0.394. The maximum Gasteiger partial charge on any atom is 0.225 e. The van der Waals surface area contributed by atoms with Gasteiger partial charge in [-0.05, 0) is 25.4 Å². The van der Waals surface area contributed by atoms with E-state index in [1.54, 1.807) is 0 Å². The summed E-state index contributed by atoms with van der Waals surface area (Å²) in [5.41, 5.74) is 0. The molecule has 0 spiro atoms. The van der Waals surface area contributed by atoms with Gasteiger partial charge in [-0.15, -0.1) is 0 Å². The van der Waals surface area contributed by atoms with Crippen molar-refractivity contribution in [2.75, 3.05) is 31.6 Å². The molecule has 1 fully saturated rings. The van der Waals surface area contributed by atoms with E-state index >= 15 is 0 Å². The zero-order valence-electron chi connectivity index (χ0n) is 8.78. The Hall–Kier alpha value is -1.23. The monoisotopic (exact) mass is 210 g/mol. The Morgan fingerprint density at radius 2 is 2.27 bits per heavy atom. The SMILES string of the molecule is CN(C[C@@H]1CCNC1)c1ncc(F)cn1. The average Bonchev–Trinajstić information content (AvgIpc) is 2.71. The summed E-state index contributed by atoms with van der Waals surface area (Å²) in [5, 5.41) is 3.31. The van der Waals surface area contributed by atoms with E-state index in [1.165, 1.54) is 18.8 Å². The lowest BCUT2D eigenvalue weighted by Crippen LogP contribution is -2.28. The summed E-state index contributed by atoms with van der Waals surface area (Å²) in [6.45, 7) is 3.05. The van der Waals surface area contributed by atoms with Crippen LogP contribution in [-0.4, -0.2) is 36.6 Å². The van der Waals surface area contributed by atoms with Crippen LogP contribution in [-0.2, 0) is 0 Å². The Kier molecular flexibility index (Phi) is 3.11. The quantitative estimate of drug-likeness (QED) is 0.795. The minimum atomic E-state index is -0.394. The molecule has 2 heterocycles. The largest absolute Gasteiger partial charge is 0.344 e. The van der Waals surface area contributed by atoms with E-state index in [9.17, 15) is 4.39 Å². The van der Waals surface area contributed by atoms with Crippen LogP contribution in [0.3, 0.4) is 0 Å². The second-order valence-electron chi connectivity index (χ2n) is 3.94. The molecule has 1 saturated heterocycles. The van der Waals surface area contributed by atoms with Crippen molar-refractivity contribution in [3.05, 3.63) is 18.2 Å². The highest BCUT2D eigenvalue weighted by atomic mass is 19.1. The Labute approximate surface area is 88.5 Å². The first-order valence-corrected chi connectivity index (χ1v) is 5.15. The van der Waals surface area contributed by atoms with Crippen molar-refractivity contribution in [3.63, 3.8) is 0 Å². The molecule has 0 saturated carbocycles. The van der Waals surface area contributed by atoms with Crippen molar-refractivity contribution in [1.29, 1.82) is 0 Å². The standard InChI is InChI=1S/C10H15FN4/c1-15(7-8-2-3-12-4-8)10-13-5-9(11)6-14-10/h5-6,8,12H,2-4,7H2,1H3/t8-/m1/s1. The van der Waals surface area contributed by atoms with Crippen molar-refractivity contribution in [1.82, 2.24) is 15.3 Å². The van der Waals surface area contributed by atoms with Crippen molar-refractivity contribution in [3.8, 4) is 0 Å². The number of halogens is 1. The summed E-state index contributed by atoms with van der Waals surface area (Å²) in [7, 11) is 1.94. The lowest BCUT2D eigenvalue weighted by molar-refractivity contribution is 0.568. The van der Waals surface area contributed by atoms with Crippen molar-refractivity contribution >= 4 is 5.95 Å². The van der Waals surface area contributed by atoms with Gasteiger partial charge in [0, 0.05) is 13.6 Å². The highest BCUT2D eigenvalue weighted by molar-refractivity contribution is 5.26. The number of nitrogens with zero attached hydrogens (tertiary/aromatic N) is 3. The molecule has 5 heteroatoms.